The first-order valence-electron chi connectivity index (χ1n) is 4.12. The van der Waals surface area contributed by atoms with Crippen LogP contribution >= 0.6 is 0 Å². The van der Waals surface area contributed by atoms with Crippen LogP contribution < -0.4 is 11.5 Å². The highest BCUT2D eigenvalue weighted by atomic mass is 16.1. The van der Waals surface area contributed by atoms with Crippen LogP contribution in [-0.2, 0) is 11.2 Å². The fourth-order valence-electron chi connectivity index (χ4n) is 1.10. The Morgan fingerprint density at radius 1 is 1.46 bits per heavy atom. The fourth-order valence-corrected chi connectivity index (χ4v) is 1.10. The summed E-state index contributed by atoms with van der Waals surface area (Å²) in [6.07, 6.45) is 3.96. The lowest BCUT2D eigenvalue weighted by atomic mass is 10.00. The Balaban J connectivity index is 2.62. The average Bonchev–Trinajstić information content (AvgIpc) is 2.15. The molecule has 70 valence electrons. The molecular weight excluding hydrogens is 166 g/mol. The van der Waals surface area contributed by atoms with Gasteiger partial charge >= 0.3 is 0 Å². The standard InChI is InChI=1S/C9H13N3O/c10-6-8(9(11)13)5-7-1-3-12-4-2-7/h1-4,8H,5-6,10H2,(H2,11,13). The highest BCUT2D eigenvalue weighted by Gasteiger charge is 2.13. The Morgan fingerprint density at radius 2 is 2.08 bits per heavy atom. The Hall–Kier alpha value is -1.42. The Bertz CT molecular complexity index is 273. The normalized spacial score (nSPS) is 12.4. The van der Waals surface area contributed by atoms with Crippen LogP contribution in [0.1, 0.15) is 5.56 Å². The van der Waals surface area contributed by atoms with Crippen molar-refractivity contribution in [3.63, 3.8) is 0 Å². The van der Waals surface area contributed by atoms with E-state index in [0.29, 0.717) is 6.42 Å². The van der Waals surface area contributed by atoms with Crippen molar-refractivity contribution in [3.05, 3.63) is 30.1 Å². The van der Waals surface area contributed by atoms with Crippen molar-refractivity contribution in [3.8, 4) is 0 Å². The van der Waals surface area contributed by atoms with Crippen LogP contribution in [0.15, 0.2) is 24.5 Å². The number of nitrogens with two attached hydrogens (primary N) is 2. The number of primary amides is 1. The summed E-state index contributed by atoms with van der Waals surface area (Å²) in [6, 6.07) is 3.71. The molecule has 1 rings (SSSR count). The van der Waals surface area contributed by atoms with Gasteiger partial charge in [0, 0.05) is 18.9 Å². The zero-order chi connectivity index (χ0) is 9.68. The molecule has 1 aromatic rings. The van der Waals surface area contributed by atoms with Gasteiger partial charge in [-0.3, -0.25) is 9.78 Å². The highest BCUT2D eigenvalue weighted by Crippen LogP contribution is 2.05. The molecule has 0 spiro atoms. The van der Waals surface area contributed by atoms with Gasteiger partial charge < -0.3 is 11.5 Å². The molecule has 4 N–H and O–H groups in total. The van der Waals surface area contributed by atoms with Gasteiger partial charge in [-0.05, 0) is 24.1 Å². The van der Waals surface area contributed by atoms with Crippen molar-refractivity contribution in [1.29, 1.82) is 0 Å². The van der Waals surface area contributed by atoms with Gasteiger partial charge in [-0.15, -0.1) is 0 Å². The van der Waals surface area contributed by atoms with Gasteiger partial charge in [-0.2, -0.15) is 0 Å². The molecule has 1 aromatic heterocycles. The SMILES string of the molecule is NCC(Cc1ccncc1)C(N)=O. The summed E-state index contributed by atoms with van der Waals surface area (Å²) < 4.78 is 0. The minimum atomic E-state index is -0.348. The average molecular weight is 179 g/mol. The monoisotopic (exact) mass is 179 g/mol. The molecule has 0 saturated carbocycles. The zero-order valence-electron chi connectivity index (χ0n) is 7.31. The van der Waals surface area contributed by atoms with Crippen molar-refractivity contribution in [2.45, 2.75) is 6.42 Å². The predicted octanol–water partition coefficient (Wildman–Crippen LogP) is -0.316. The summed E-state index contributed by atoms with van der Waals surface area (Å²) in [5.74, 6) is -0.623. The summed E-state index contributed by atoms with van der Waals surface area (Å²) in [6.45, 7) is 0.289. The molecule has 0 radical (unpaired) electrons. The Labute approximate surface area is 77.0 Å². The van der Waals surface area contributed by atoms with Crippen LogP contribution in [0.2, 0.25) is 0 Å². The number of pyridine rings is 1. The van der Waals surface area contributed by atoms with Crippen molar-refractivity contribution in [2.24, 2.45) is 17.4 Å². The number of rotatable bonds is 4. The summed E-state index contributed by atoms with van der Waals surface area (Å²) in [4.78, 5) is 14.7. The smallest absolute Gasteiger partial charge is 0.222 e. The maximum absolute atomic E-state index is 10.9. The largest absolute Gasteiger partial charge is 0.369 e. The molecule has 1 heterocycles. The van der Waals surface area contributed by atoms with Crippen LogP contribution in [0.25, 0.3) is 0 Å². The molecule has 13 heavy (non-hydrogen) atoms. The summed E-state index contributed by atoms with van der Waals surface area (Å²) in [5.41, 5.74) is 11.6. The van der Waals surface area contributed by atoms with E-state index in [9.17, 15) is 4.79 Å². The molecule has 0 aliphatic rings. The Kier molecular flexibility index (Phi) is 3.40. The lowest BCUT2D eigenvalue weighted by Gasteiger charge is -2.09. The molecule has 0 aliphatic heterocycles. The van der Waals surface area contributed by atoms with Crippen LogP contribution in [-0.4, -0.2) is 17.4 Å². The first kappa shape index (κ1) is 9.67. The van der Waals surface area contributed by atoms with Gasteiger partial charge in [0.2, 0.25) is 5.91 Å². The lowest BCUT2D eigenvalue weighted by molar-refractivity contribution is -0.121. The molecule has 0 aromatic carbocycles. The second-order valence-corrected chi connectivity index (χ2v) is 2.89. The molecule has 0 aliphatic carbocycles. The molecule has 1 atom stereocenters. The van der Waals surface area contributed by atoms with Crippen LogP contribution in [0.3, 0.4) is 0 Å². The summed E-state index contributed by atoms with van der Waals surface area (Å²) in [7, 11) is 0. The van der Waals surface area contributed by atoms with Crippen molar-refractivity contribution in [2.75, 3.05) is 6.54 Å². The number of carbonyl (C=O) groups is 1. The maximum atomic E-state index is 10.9. The van der Waals surface area contributed by atoms with Gasteiger partial charge in [-0.25, -0.2) is 0 Å². The van der Waals surface area contributed by atoms with Crippen molar-refractivity contribution in [1.82, 2.24) is 4.98 Å². The molecule has 4 heteroatoms. The molecule has 1 amide bonds. The van der Waals surface area contributed by atoms with E-state index in [4.69, 9.17) is 11.5 Å². The number of nitrogens with zero attached hydrogens (tertiary/aromatic N) is 1. The van der Waals surface area contributed by atoms with Gasteiger partial charge in [0.1, 0.15) is 0 Å². The summed E-state index contributed by atoms with van der Waals surface area (Å²) in [5, 5.41) is 0. The third kappa shape index (κ3) is 2.83. The maximum Gasteiger partial charge on any atom is 0.222 e. The van der Waals surface area contributed by atoms with Gasteiger partial charge in [0.15, 0.2) is 0 Å². The minimum Gasteiger partial charge on any atom is -0.369 e. The van der Waals surface area contributed by atoms with E-state index in [0.717, 1.165) is 5.56 Å². The topological polar surface area (TPSA) is 82.0 Å². The highest BCUT2D eigenvalue weighted by molar-refractivity contribution is 5.77. The molecule has 0 saturated heterocycles. The predicted molar refractivity (Wildman–Crippen MR) is 49.7 cm³/mol. The third-order valence-electron chi connectivity index (χ3n) is 1.92. The quantitative estimate of drug-likeness (QED) is 0.664. The second-order valence-electron chi connectivity index (χ2n) is 2.89. The van der Waals surface area contributed by atoms with E-state index in [-0.39, 0.29) is 18.4 Å². The van der Waals surface area contributed by atoms with Crippen LogP contribution in [0.5, 0.6) is 0 Å². The number of amides is 1. The van der Waals surface area contributed by atoms with E-state index in [1.165, 1.54) is 0 Å². The minimum absolute atomic E-state index is 0.276. The van der Waals surface area contributed by atoms with Gasteiger partial charge in [0.25, 0.3) is 0 Å². The summed E-state index contributed by atoms with van der Waals surface area (Å²) >= 11 is 0. The van der Waals surface area contributed by atoms with E-state index < -0.39 is 0 Å². The third-order valence-corrected chi connectivity index (χ3v) is 1.92. The van der Waals surface area contributed by atoms with E-state index in [1.54, 1.807) is 12.4 Å². The van der Waals surface area contributed by atoms with E-state index in [1.807, 2.05) is 12.1 Å². The number of hydrogen-bond donors (Lipinski definition) is 2. The first-order valence-corrected chi connectivity index (χ1v) is 4.12. The van der Waals surface area contributed by atoms with E-state index in [2.05, 4.69) is 4.98 Å². The van der Waals surface area contributed by atoms with Crippen LogP contribution in [0.4, 0.5) is 0 Å². The zero-order valence-corrected chi connectivity index (χ0v) is 7.31. The second kappa shape index (κ2) is 4.57. The van der Waals surface area contributed by atoms with Crippen molar-refractivity contribution >= 4 is 5.91 Å². The van der Waals surface area contributed by atoms with Gasteiger partial charge in [0.05, 0.1) is 5.92 Å². The first-order chi connectivity index (χ1) is 6.24. The lowest BCUT2D eigenvalue weighted by Crippen LogP contribution is -2.31. The molecule has 4 nitrogen and oxygen atoms in total. The molecule has 0 bridgehead atoms. The molecule has 1 unspecified atom stereocenters. The fraction of sp³-hybridized carbons (Fsp3) is 0.333. The number of aromatic nitrogens is 1. The number of carbonyl (C=O) groups excluding carboxylic acids is 1. The van der Waals surface area contributed by atoms with Crippen molar-refractivity contribution < 1.29 is 4.79 Å². The van der Waals surface area contributed by atoms with Crippen LogP contribution in [0, 0.1) is 5.92 Å². The molecular formula is C9H13N3O. The molecule has 0 fully saturated rings. The Morgan fingerprint density at radius 3 is 2.54 bits per heavy atom. The number of hydrogen-bond acceptors (Lipinski definition) is 3. The van der Waals surface area contributed by atoms with Gasteiger partial charge in [-0.1, -0.05) is 0 Å². The van der Waals surface area contributed by atoms with E-state index >= 15 is 0 Å².